The molecule has 1 aliphatic heterocycles. The number of hydrogen-bond acceptors (Lipinski definition) is 6. The second-order valence-corrected chi connectivity index (χ2v) is 6.65. The average Bonchev–Trinajstić information content (AvgIpc) is 3.34. The molecule has 124 valence electrons. The molecule has 24 heavy (non-hydrogen) atoms. The van der Waals surface area contributed by atoms with Crippen molar-refractivity contribution < 1.29 is 13.7 Å². The number of aromatic nitrogens is 4. The lowest BCUT2D eigenvalue weighted by Crippen LogP contribution is -2.29. The van der Waals surface area contributed by atoms with Gasteiger partial charge in [0.1, 0.15) is 11.4 Å². The molecule has 3 aromatic rings. The molecule has 0 amide bonds. The van der Waals surface area contributed by atoms with Crippen molar-refractivity contribution in [2.45, 2.75) is 12.0 Å². The van der Waals surface area contributed by atoms with Crippen LogP contribution in [0.1, 0.15) is 12.2 Å². The minimum atomic E-state index is -0.480. The van der Waals surface area contributed by atoms with Crippen LogP contribution in [0.5, 0.6) is 0 Å². The maximum atomic E-state index is 13.0. The van der Waals surface area contributed by atoms with Gasteiger partial charge in [-0.3, -0.25) is 0 Å². The maximum Gasteiger partial charge on any atom is 0.278 e. The molecule has 6 nitrogen and oxygen atoms in total. The Bertz CT molecular complexity index is 840. The fraction of sp³-hybridized carbons (Fsp3) is 0.312. The second-order valence-electron chi connectivity index (χ2n) is 5.55. The first-order valence-corrected chi connectivity index (χ1v) is 8.65. The SMILES string of the molecule is COC1(c2noc(-c3ccn(-c4ccc(F)cc4)n3)n2)CCSC1. The lowest BCUT2D eigenvalue weighted by Gasteiger charge is -2.21. The van der Waals surface area contributed by atoms with E-state index in [-0.39, 0.29) is 5.82 Å². The van der Waals surface area contributed by atoms with Crippen molar-refractivity contribution >= 4 is 11.8 Å². The molecule has 1 saturated heterocycles. The molecule has 0 saturated carbocycles. The monoisotopic (exact) mass is 346 g/mol. The number of nitrogens with zero attached hydrogens (tertiary/aromatic N) is 4. The lowest BCUT2D eigenvalue weighted by atomic mass is 10.0. The highest BCUT2D eigenvalue weighted by molar-refractivity contribution is 7.99. The minimum Gasteiger partial charge on any atom is -0.369 e. The fourth-order valence-electron chi connectivity index (χ4n) is 2.66. The molecular formula is C16H15FN4O2S. The summed E-state index contributed by atoms with van der Waals surface area (Å²) in [7, 11) is 1.67. The van der Waals surface area contributed by atoms with E-state index in [9.17, 15) is 4.39 Å². The number of thioether (sulfide) groups is 1. The molecule has 1 aliphatic rings. The van der Waals surface area contributed by atoms with Gasteiger partial charge in [0.05, 0.1) is 5.69 Å². The van der Waals surface area contributed by atoms with Crippen LogP contribution >= 0.6 is 11.8 Å². The third-order valence-corrected chi connectivity index (χ3v) is 5.27. The van der Waals surface area contributed by atoms with Gasteiger partial charge in [-0.1, -0.05) is 5.16 Å². The summed E-state index contributed by atoms with van der Waals surface area (Å²) in [5.74, 6) is 2.44. The Kier molecular flexibility index (Phi) is 3.85. The van der Waals surface area contributed by atoms with Crippen molar-refractivity contribution in [3.8, 4) is 17.3 Å². The standard InChI is InChI=1S/C16H15FN4O2S/c1-22-16(7-9-24-10-16)15-18-14(23-20-15)13-6-8-21(19-13)12-4-2-11(17)3-5-12/h2-6,8H,7,9-10H2,1H3. The van der Waals surface area contributed by atoms with Crippen LogP contribution in [0.15, 0.2) is 41.1 Å². The summed E-state index contributed by atoms with van der Waals surface area (Å²) in [4.78, 5) is 4.47. The van der Waals surface area contributed by atoms with Crippen molar-refractivity contribution in [1.29, 1.82) is 0 Å². The van der Waals surface area contributed by atoms with Gasteiger partial charge >= 0.3 is 0 Å². The summed E-state index contributed by atoms with van der Waals surface area (Å²) in [6, 6.07) is 7.87. The molecule has 2 aromatic heterocycles. The first kappa shape index (κ1) is 15.3. The Morgan fingerprint density at radius 1 is 1.29 bits per heavy atom. The van der Waals surface area contributed by atoms with Crippen LogP contribution in [0.4, 0.5) is 4.39 Å². The number of ether oxygens (including phenoxy) is 1. The molecule has 0 N–H and O–H groups in total. The Balaban J connectivity index is 1.62. The van der Waals surface area contributed by atoms with Crippen LogP contribution in [0.2, 0.25) is 0 Å². The quantitative estimate of drug-likeness (QED) is 0.723. The van der Waals surface area contributed by atoms with Gasteiger partial charge in [0.25, 0.3) is 5.89 Å². The number of rotatable bonds is 4. The summed E-state index contributed by atoms with van der Waals surface area (Å²) < 4.78 is 25.7. The minimum absolute atomic E-state index is 0.285. The zero-order valence-electron chi connectivity index (χ0n) is 13.0. The molecule has 1 aromatic carbocycles. The van der Waals surface area contributed by atoms with E-state index in [2.05, 4.69) is 15.2 Å². The molecular weight excluding hydrogens is 331 g/mol. The molecule has 0 bridgehead atoms. The van der Waals surface area contributed by atoms with Crippen LogP contribution in [0.3, 0.4) is 0 Å². The molecule has 0 radical (unpaired) electrons. The molecule has 0 aliphatic carbocycles. The van der Waals surface area contributed by atoms with E-state index < -0.39 is 5.60 Å². The van der Waals surface area contributed by atoms with Crippen LogP contribution in [-0.2, 0) is 10.3 Å². The molecule has 1 fully saturated rings. The Morgan fingerprint density at radius 3 is 2.83 bits per heavy atom. The summed E-state index contributed by atoms with van der Waals surface area (Å²) in [6.45, 7) is 0. The number of methoxy groups -OCH3 is 1. The van der Waals surface area contributed by atoms with Crippen molar-refractivity contribution in [3.63, 3.8) is 0 Å². The number of halogens is 1. The molecule has 3 heterocycles. The van der Waals surface area contributed by atoms with Crippen molar-refractivity contribution in [2.24, 2.45) is 0 Å². The van der Waals surface area contributed by atoms with Crippen LogP contribution in [0, 0.1) is 5.82 Å². The van der Waals surface area contributed by atoms with Gasteiger partial charge < -0.3 is 9.26 Å². The van der Waals surface area contributed by atoms with Crippen molar-refractivity contribution in [1.82, 2.24) is 19.9 Å². The largest absolute Gasteiger partial charge is 0.369 e. The van der Waals surface area contributed by atoms with Crippen LogP contribution in [-0.4, -0.2) is 38.5 Å². The molecule has 4 rings (SSSR count). The first-order chi connectivity index (χ1) is 11.7. The van der Waals surface area contributed by atoms with Crippen LogP contribution < -0.4 is 0 Å². The molecule has 1 unspecified atom stereocenters. The number of hydrogen-bond donors (Lipinski definition) is 0. The van der Waals surface area contributed by atoms with E-state index >= 15 is 0 Å². The lowest BCUT2D eigenvalue weighted by molar-refractivity contribution is -0.000227. The van der Waals surface area contributed by atoms with E-state index in [1.807, 2.05) is 11.8 Å². The second kappa shape index (κ2) is 6.03. The van der Waals surface area contributed by atoms with E-state index in [0.717, 1.165) is 23.6 Å². The normalized spacial score (nSPS) is 20.6. The maximum absolute atomic E-state index is 13.0. The van der Waals surface area contributed by atoms with Gasteiger partial charge in [-0.15, -0.1) is 0 Å². The predicted molar refractivity (Wildman–Crippen MR) is 87.4 cm³/mol. The third-order valence-electron chi connectivity index (χ3n) is 4.11. The third kappa shape index (κ3) is 2.61. The molecule has 0 spiro atoms. The average molecular weight is 346 g/mol. The van der Waals surface area contributed by atoms with Gasteiger partial charge in [-0.25, -0.2) is 9.07 Å². The Labute approximate surface area is 142 Å². The van der Waals surface area contributed by atoms with Crippen LogP contribution in [0.25, 0.3) is 17.3 Å². The molecule has 1 atom stereocenters. The highest BCUT2D eigenvalue weighted by Gasteiger charge is 2.41. The first-order valence-electron chi connectivity index (χ1n) is 7.49. The van der Waals surface area contributed by atoms with E-state index in [4.69, 9.17) is 9.26 Å². The van der Waals surface area contributed by atoms with Crippen molar-refractivity contribution in [2.75, 3.05) is 18.6 Å². The van der Waals surface area contributed by atoms with Gasteiger partial charge in [0.2, 0.25) is 5.82 Å². The number of benzene rings is 1. The zero-order valence-corrected chi connectivity index (χ0v) is 13.8. The van der Waals surface area contributed by atoms with Gasteiger partial charge in [0, 0.05) is 19.1 Å². The highest BCUT2D eigenvalue weighted by Crippen LogP contribution is 2.38. The van der Waals surface area contributed by atoms with E-state index in [1.54, 1.807) is 36.2 Å². The van der Waals surface area contributed by atoms with Gasteiger partial charge in [0.15, 0.2) is 5.69 Å². The summed E-state index contributed by atoms with van der Waals surface area (Å²) in [5.41, 5.74) is 0.837. The molecule has 8 heteroatoms. The summed E-state index contributed by atoms with van der Waals surface area (Å²) in [6.07, 6.45) is 2.63. The topological polar surface area (TPSA) is 66.0 Å². The smallest absolute Gasteiger partial charge is 0.278 e. The van der Waals surface area contributed by atoms with Gasteiger partial charge in [-0.05, 0) is 42.5 Å². The summed E-state index contributed by atoms with van der Waals surface area (Å²) >= 11 is 1.81. The summed E-state index contributed by atoms with van der Waals surface area (Å²) in [5, 5.41) is 8.51. The Morgan fingerprint density at radius 2 is 2.12 bits per heavy atom. The van der Waals surface area contributed by atoms with Crippen molar-refractivity contribution in [3.05, 3.63) is 48.2 Å². The highest BCUT2D eigenvalue weighted by atomic mass is 32.2. The Hall–Kier alpha value is -2.19. The van der Waals surface area contributed by atoms with E-state index in [1.165, 1.54) is 12.1 Å². The predicted octanol–water partition coefficient (Wildman–Crippen LogP) is 3.04. The van der Waals surface area contributed by atoms with E-state index in [0.29, 0.717) is 17.4 Å². The fourth-order valence-corrected chi connectivity index (χ4v) is 4.00. The van der Waals surface area contributed by atoms with Gasteiger partial charge in [-0.2, -0.15) is 21.8 Å². The zero-order chi connectivity index (χ0) is 16.6.